The van der Waals surface area contributed by atoms with Gasteiger partial charge in [0.25, 0.3) is 0 Å². The Labute approximate surface area is 132 Å². The normalized spacial score (nSPS) is 11.9. The molecule has 0 spiro atoms. The molecular formula is C18H32ClN. The fraction of sp³-hybridized carbons (Fsp3) is 0.722. The third-order valence-corrected chi connectivity index (χ3v) is 4.01. The van der Waals surface area contributed by atoms with Gasteiger partial charge in [-0.1, -0.05) is 52.0 Å². The predicted octanol–water partition coefficient (Wildman–Crippen LogP) is 2.38. The van der Waals surface area contributed by atoms with E-state index in [1.165, 1.54) is 63.5 Å². The zero-order chi connectivity index (χ0) is 13.9. The minimum Gasteiger partial charge on any atom is -1.00 e. The van der Waals surface area contributed by atoms with Crippen molar-refractivity contribution < 1.29 is 17.0 Å². The van der Waals surface area contributed by atoms with Crippen molar-refractivity contribution in [1.82, 2.24) is 0 Å². The average molecular weight is 298 g/mol. The second-order valence-electron chi connectivity index (χ2n) is 5.75. The standard InChI is InChI=1S/C18H32N.ClH/c1-4-6-7-8-9-10-15-18(13-5-2)19-16-12-11-14-17(19)3;/h11-12,14,16,18H,4-10,13,15H2,1-3H3;1H/q+1;/p-1. The molecule has 0 amide bonds. The molecule has 1 unspecified atom stereocenters. The van der Waals surface area contributed by atoms with E-state index in [4.69, 9.17) is 0 Å². The largest absolute Gasteiger partial charge is 1.00 e. The highest BCUT2D eigenvalue weighted by Crippen LogP contribution is 2.17. The van der Waals surface area contributed by atoms with Crippen LogP contribution in [0.15, 0.2) is 24.4 Å². The smallest absolute Gasteiger partial charge is 0.178 e. The number of aryl methyl sites for hydroxylation is 1. The lowest BCUT2D eigenvalue weighted by molar-refractivity contribution is -0.730. The fourth-order valence-corrected chi connectivity index (χ4v) is 2.87. The Kier molecular flexibility index (Phi) is 11.9. The SMILES string of the molecule is CCCCCCCCC(CCC)[n+]1ccccc1C.[Cl-]. The summed E-state index contributed by atoms with van der Waals surface area (Å²) < 4.78 is 2.48. The van der Waals surface area contributed by atoms with Gasteiger partial charge in [0.2, 0.25) is 0 Å². The fourth-order valence-electron chi connectivity index (χ4n) is 2.87. The van der Waals surface area contributed by atoms with Crippen molar-refractivity contribution in [3.8, 4) is 0 Å². The first kappa shape index (κ1) is 19.4. The first-order valence-corrected chi connectivity index (χ1v) is 8.26. The van der Waals surface area contributed by atoms with E-state index in [9.17, 15) is 0 Å². The van der Waals surface area contributed by atoms with Gasteiger partial charge in [-0.05, 0) is 12.8 Å². The van der Waals surface area contributed by atoms with Crippen molar-refractivity contribution in [2.45, 2.75) is 84.6 Å². The Morgan fingerprint density at radius 2 is 1.60 bits per heavy atom. The van der Waals surface area contributed by atoms with E-state index in [0.717, 1.165) is 0 Å². The van der Waals surface area contributed by atoms with Gasteiger partial charge < -0.3 is 12.4 Å². The van der Waals surface area contributed by atoms with E-state index in [0.29, 0.717) is 6.04 Å². The molecule has 0 saturated heterocycles. The summed E-state index contributed by atoms with van der Waals surface area (Å²) in [4.78, 5) is 0. The van der Waals surface area contributed by atoms with Crippen molar-refractivity contribution in [3.63, 3.8) is 0 Å². The van der Waals surface area contributed by atoms with Crippen LogP contribution in [0.3, 0.4) is 0 Å². The molecule has 1 aromatic rings. The summed E-state index contributed by atoms with van der Waals surface area (Å²) in [6.45, 7) is 6.81. The molecule has 0 aliphatic carbocycles. The van der Waals surface area contributed by atoms with Gasteiger partial charge >= 0.3 is 0 Å². The maximum absolute atomic E-state index is 2.48. The molecule has 0 aliphatic rings. The maximum Gasteiger partial charge on any atom is 0.178 e. The maximum atomic E-state index is 2.48. The van der Waals surface area contributed by atoms with E-state index in [-0.39, 0.29) is 12.4 Å². The van der Waals surface area contributed by atoms with E-state index >= 15 is 0 Å². The number of pyridine rings is 1. The lowest BCUT2D eigenvalue weighted by atomic mass is 10.0. The number of hydrogen-bond donors (Lipinski definition) is 0. The Hall–Kier alpha value is -0.560. The van der Waals surface area contributed by atoms with Crippen LogP contribution < -0.4 is 17.0 Å². The van der Waals surface area contributed by atoms with Crippen LogP contribution in [0.25, 0.3) is 0 Å². The van der Waals surface area contributed by atoms with Gasteiger partial charge in [-0.25, -0.2) is 4.57 Å². The predicted molar refractivity (Wildman–Crippen MR) is 83.3 cm³/mol. The first-order chi connectivity index (χ1) is 9.29. The second kappa shape index (κ2) is 12.2. The monoisotopic (exact) mass is 297 g/mol. The highest BCUT2D eigenvalue weighted by molar-refractivity contribution is 4.94. The van der Waals surface area contributed by atoms with E-state index in [1.54, 1.807) is 0 Å². The van der Waals surface area contributed by atoms with Crippen molar-refractivity contribution in [2.75, 3.05) is 0 Å². The number of hydrogen-bond acceptors (Lipinski definition) is 0. The molecule has 0 N–H and O–H groups in total. The molecule has 1 aromatic heterocycles. The average Bonchev–Trinajstić information content (AvgIpc) is 2.42. The molecule has 0 aliphatic heterocycles. The molecule has 20 heavy (non-hydrogen) atoms. The van der Waals surface area contributed by atoms with Crippen LogP contribution in [0, 0.1) is 6.92 Å². The Bertz CT molecular complexity index is 338. The minimum atomic E-state index is 0. The highest BCUT2D eigenvalue weighted by Gasteiger charge is 2.18. The summed E-state index contributed by atoms with van der Waals surface area (Å²) in [5, 5.41) is 0. The zero-order valence-electron chi connectivity index (χ0n) is 13.6. The molecule has 1 atom stereocenters. The van der Waals surface area contributed by atoms with Crippen molar-refractivity contribution >= 4 is 0 Å². The van der Waals surface area contributed by atoms with E-state index in [2.05, 4.69) is 49.7 Å². The lowest BCUT2D eigenvalue weighted by Crippen LogP contribution is -3.00. The summed E-state index contributed by atoms with van der Waals surface area (Å²) in [5.41, 5.74) is 1.40. The lowest BCUT2D eigenvalue weighted by Gasteiger charge is -2.13. The van der Waals surface area contributed by atoms with Crippen molar-refractivity contribution in [3.05, 3.63) is 30.1 Å². The van der Waals surface area contributed by atoms with Gasteiger partial charge in [-0.15, -0.1) is 0 Å². The molecule has 1 heterocycles. The van der Waals surface area contributed by atoms with E-state index in [1.807, 2.05) is 0 Å². The Morgan fingerprint density at radius 1 is 0.900 bits per heavy atom. The third-order valence-electron chi connectivity index (χ3n) is 4.01. The molecule has 0 bridgehead atoms. The molecule has 1 nitrogen and oxygen atoms in total. The second-order valence-corrected chi connectivity index (χ2v) is 5.75. The van der Waals surface area contributed by atoms with E-state index < -0.39 is 0 Å². The summed E-state index contributed by atoms with van der Waals surface area (Å²) >= 11 is 0. The molecule has 2 heteroatoms. The van der Waals surface area contributed by atoms with Crippen LogP contribution in [0.4, 0.5) is 0 Å². The molecule has 0 radical (unpaired) electrons. The number of aromatic nitrogens is 1. The van der Waals surface area contributed by atoms with Gasteiger partial charge in [-0.3, -0.25) is 0 Å². The van der Waals surface area contributed by atoms with Gasteiger partial charge in [0, 0.05) is 31.9 Å². The molecule has 0 saturated carbocycles. The number of unbranched alkanes of at least 4 members (excludes halogenated alkanes) is 5. The molecule has 116 valence electrons. The quantitative estimate of drug-likeness (QED) is 0.461. The highest BCUT2D eigenvalue weighted by atomic mass is 35.5. The number of rotatable bonds is 10. The topological polar surface area (TPSA) is 3.88 Å². The van der Waals surface area contributed by atoms with Crippen molar-refractivity contribution in [1.29, 1.82) is 0 Å². The van der Waals surface area contributed by atoms with Gasteiger partial charge in [0.15, 0.2) is 17.9 Å². The van der Waals surface area contributed by atoms with Crippen LogP contribution in [-0.2, 0) is 0 Å². The van der Waals surface area contributed by atoms with Crippen LogP contribution in [0.5, 0.6) is 0 Å². The summed E-state index contributed by atoms with van der Waals surface area (Å²) in [7, 11) is 0. The van der Waals surface area contributed by atoms with Crippen LogP contribution in [0.1, 0.15) is 83.4 Å². The molecule has 0 aromatic carbocycles. The molecule has 1 rings (SSSR count). The molecular weight excluding hydrogens is 266 g/mol. The zero-order valence-corrected chi connectivity index (χ0v) is 14.3. The van der Waals surface area contributed by atoms with Crippen molar-refractivity contribution in [2.24, 2.45) is 0 Å². The van der Waals surface area contributed by atoms with Gasteiger partial charge in [0.05, 0.1) is 0 Å². The first-order valence-electron chi connectivity index (χ1n) is 8.26. The Morgan fingerprint density at radius 3 is 2.25 bits per heavy atom. The Balaban J connectivity index is 0.00000361. The van der Waals surface area contributed by atoms with Gasteiger partial charge in [0.1, 0.15) is 0 Å². The molecule has 0 fully saturated rings. The third kappa shape index (κ3) is 7.28. The summed E-state index contributed by atoms with van der Waals surface area (Å²) in [6, 6.07) is 7.23. The number of nitrogens with zero attached hydrogens (tertiary/aromatic N) is 1. The van der Waals surface area contributed by atoms with Gasteiger partial charge in [-0.2, -0.15) is 0 Å². The summed E-state index contributed by atoms with van der Waals surface area (Å²) in [6.07, 6.45) is 14.6. The van der Waals surface area contributed by atoms with Crippen LogP contribution >= 0.6 is 0 Å². The number of halogens is 1. The minimum absolute atomic E-state index is 0. The summed E-state index contributed by atoms with van der Waals surface area (Å²) in [5.74, 6) is 0. The van der Waals surface area contributed by atoms with Crippen LogP contribution in [-0.4, -0.2) is 0 Å². The van der Waals surface area contributed by atoms with Crippen LogP contribution in [0.2, 0.25) is 0 Å².